The number of benzene rings is 1. The zero-order valence-corrected chi connectivity index (χ0v) is 18.9. The summed E-state index contributed by atoms with van der Waals surface area (Å²) in [5.74, 6) is 0.944. The second-order valence-electron chi connectivity index (χ2n) is 6.81. The molecule has 162 valence electrons. The fourth-order valence-corrected chi connectivity index (χ4v) is 5.99. The van der Waals surface area contributed by atoms with Gasteiger partial charge < -0.3 is 13.6 Å². The summed E-state index contributed by atoms with van der Waals surface area (Å²) in [4.78, 5) is 5.56. The lowest BCUT2D eigenvalue weighted by molar-refractivity contribution is 0.0730. The highest BCUT2D eigenvalue weighted by Gasteiger charge is 2.27. The normalized spacial score (nSPS) is 16.7. The molecule has 9 nitrogen and oxygen atoms in total. The first-order valence-electron chi connectivity index (χ1n) is 9.53. The molecule has 1 saturated heterocycles. The fraction of sp³-hybridized carbons (Fsp3) is 0.316. The molecule has 0 saturated carbocycles. The van der Waals surface area contributed by atoms with Crippen LogP contribution >= 0.6 is 23.1 Å². The maximum Gasteiger partial charge on any atom is 0.257 e. The molecule has 12 heteroatoms. The second-order valence-corrected chi connectivity index (χ2v) is 11.0. The Labute approximate surface area is 186 Å². The molecule has 0 spiro atoms. The van der Waals surface area contributed by atoms with Crippen molar-refractivity contribution in [3.8, 4) is 10.8 Å². The van der Waals surface area contributed by atoms with Crippen LogP contribution in [0, 0.1) is 0 Å². The van der Waals surface area contributed by atoms with Crippen molar-refractivity contribution in [2.45, 2.75) is 22.3 Å². The molecule has 1 atom stereocenters. The van der Waals surface area contributed by atoms with Gasteiger partial charge in [-0.05, 0) is 36.6 Å². The van der Waals surface area contributed by atoms with Gasteiger partial charge in [0.25, 0.3) is 11.1 Å². The highest BCUT2D eigenvalue weighted by atomic mass is 32.2. The largest absolute Gasteiger partial charge is 0.431 e. The third kappa shape index (κ3) is 4.13. The van der Waals surface area contributed by atoms with E-state index in [2.05, 4.69) is 15.2 Å². The summed E-state index contributed by atoms with van der Waals surface area (Å²) in [7, 11) is -3.60. The quantitative estimate of drug-likeness (QED) is 0.382. The molecule has 0 amide bonds. The number of ether oxygens (including phenoxy) is 1. The van der Waals surface area contributed by atoms with E-state index in [1.807, 2.05) is 24.4 Å². The van der Waals surface area contributed by atoms with E-state index in [4.69, 9.17) is 13.6 Å². The summed E-state index contributed by atoms with van der Waals surface area (Å²) < 4.78 is 44.0. The van der Waals surface area contributed by atoms with E-state index in [9.17, 15) is 8.42 Å². The highest BCUT2D eigenvalue weighted by molar-refractivity contribution is 7.99. The van der Waals surface area contributed by atoms with Crippen LogP contribution in [-0.4, -0.2) is 54.2 Å². The van der Waals surface area contributed by atoms with Crippen molar-refractivity contribution in [1.29, 1.82) is 0 Å². The van der Waals surface area contributed by atoms with Crippen LogP contribution in [0.1, 0.15) is 18.1 Å². The SMILES string of the molecule is C[C@H](Sc1nc2cc(S(=O)(=O)N3CCOCC3)ccc2o1)c1nnc(-c2cccs2)o1. The van der Waals surface area contributed by atoms with Gasteiger partial charge in [-0.3, -0.25) is 0 Å². The van der Waals surface area contributed by atoms with Crippen LogP contribution in [0.5, 0.6) is 0 Å². The summed E-state index contributed by atoms with van der Waals surface area (Å²) in [6.45, 7) is 3.40. The molecule has 0 unspecified atom stereocenters. The number of rotatable bonds is 6. The molecule has 1 fully saturated rings. The Morgan fingerprint density at radius 3 is 2.77 bits per heavy atom. The molecule has 5 rings (SSSR count). The summed E-state index contributed by atoms with van der Waals surface area (Å²) in [5.41, 5.74) is 0.995. The highest BCUT2D eigenvalue weighted by Crippen LogP contribution is 2.37. The predicted octanol–water partition coefficient (Wildman–Crippen LogP) is 3.81. The topological polar surface area (TPSA) is 112 Å². The van der Waals surface area contributed by atoms with Gasteiger partial charge in [0.2, 0.25) is 15.9 Å². The van der Waals surface area contributed by atoms with Crippen molar-refractivity contribution < 1.29 is 22.0 Å². The molecule has 4 heterocycles. The third-order valence-electron chi connectivity index (χ3n) is 4.75. The van der Waals surface area contributed by atoms with E-state index >= 15 is 0 Å². The van der Waals surface area contributed by atoms with Crippen LogP contribution in [0.15, 0.2) is 54.7 Å². The molecule has 1 aromatic carbocycles. The van der Waals surface area contributed by atoms with Crippen molar-refractivity contribution in [3.63, 3.8) is 0 Å². The lowest BCUT2D eigenvalue weighted by atomic mass is 10.3. The summed E-state index contributed by atoms with van der Waals surface area (Å²) in [6.07, 6.45) is 0. The summed E-state index contributed by atoms with van der Waals surface area (Å²) in [6, 6.07) is 8.56. The van der Waals surface area contributed by atoms with Crippen LogP contribution in [0.4, 0.5) is 0 Å². The van der Waals surface area contributed by atoms with Gasteiger partial charge >= 0.3 is 0 Å². The van der Waals surface area contributed by atoms with Gasteiger partial charge in [0.05, 0.1) is 28.2 Å². The maximum atomic E-state index is 12.9. The van der Waals surface area contributed by atoms with Gasteiger partial charge in [-0.15, -0.1) is 21.5 Å². The summed E-state index contributed by atoms with van der Waals surface area (Å²) in [5, 5.41) is 10.4. The van der Waals surface area contributed by atoms with Gasteiger partial charge in [-0.1, -0.05) is 17.8 Å². The van der Waals surface area contributed by atoms with E-state index in [1.54, 1.807) is 18.2 Å². The molecule has 1 aliphatic heterocycles. The standard InChI is InChI=1S/C19H18N4O5S3/c1-12(17-21-22-18(28-17)16-3-2-10-29-16)30-19-20-14-11-13(4-5-15(14)27-19)31(24,25)23-6-8-26-9-7-23/h2-5,10-12H,6-9H2,1H3/t12-/m0/s1. The zero-order chi connectivity index (χ0) is 21.4. The number of hydrogen-bond acceptors (Lipinski definition) is 10. The van der Waals surface area contributed by atoms with Gasteiger partial charge in [0.1, 0.15) is 5.52 Å². The lowest BCUT2D eigenvalue weighted by Gasteiger charge is -2.25. The first-order chi connectivity index (χ1) is 15.0. The Bertz CT molecular complexity index is 1290. The van der Waals surface area contributed by atoms with Crippen LogP contribution in [-0.2, 0) is 14.8 Å². The van der Waals surface area contributed by atoms with E-state index in [-0.39, 0.29) is 10.1 Å². The number of nitrogens with zero attached hydrogens (tertiary/aromatic N) is 4. The van der Waals surface area contributed by atoms with Gasteiger partial charge in [0, 0.05) is 13.1 Å². The second kappa shape index (κ2) is 8.36. The van der Waals surface area contributed by atoms with Crippen LogP contribution in [0.25, 0.3) is 21.9 Å². The maximum absolute atomic E-state index is 12.9. The third-order valence-corrected chi connectivity index (χ3v) is 8.43. The molecule has 1 aliphatic rings. The van der Waals surface area contributed by atoms with E-state index in [1.165, 1.54) is 27.4 Å². The predicted molar refractivity (Wildman–Crippen MR) is 115 cm³/mol. The molecule has 0 radical (unpaired) electrons. The minimum atomic E-state index is -3.60. The minimum absolute atomic E-state index is 0.189. The Morgan fingerprint density at radius 1 is 1.16 bits per heavy atom. The van der Waals surface area contributed by atoms with Crippen molar-refractivity contribution >= 4 is 44.2 Å². The average molecular weight is 479 g/mol. The number of morpholine rings is 1. The van der Waals surface area contributed by atoms with Crippen LogP contribution in [0.3, 0.4) is 0 Å². The minimum Gasteiger partial charge on any atom is -0.431 e. The number of thioether (sulfide) groups is 1. The van der Waals surface area contributed by atoms with Crippen molar-refractivity contribution in [2.75, 3.05) is 26.3 Å². The molecular formula is C19H18N4O5S3. The zero-order valence-electron chi connectivity index (χ0n) is 16.4. The van der Waals surface area contributed by atoms with E-state index in [0.717, 1.165) is 4.88 Å². The first kappa shape index (κ1) is 20.6. The molecule has 0 N–H and O–H groups in total. The number of hydrogen-bond donors (Lipinski definition) is 0. The van der Waals surface area contributed by atoms with Gasteiger partial charge in [0.15, 0.2) is 5.58 Å². The molecule has 31 heavy (non-hydrogen) atoms. The Balaban J connectivity index is 1.35. The number of oxazole rings is 1. The molecule has 0 bridgehead atoms. The molecular weight excluding hydrogens is 460 g/mol. The van der Waals surface area contributed by atoms with Crippen molar-refractivity contribution in [2.24, 2.45) is 0 Å². The van der Waals surface area contributed by atoms with Gasteiger partial charge in [-0.2, -0.15) is 4.31 Å². The number of aromatic nitrogens is 3. The van der Waals surface area contributed by atoms with Crippen molar-refractivity contribution in [1.82, 2.24) is 19.5 Å². The van der Waals surface area contributed by atoms with Crippen LogP contribution < -0.4 is 0 Å². The first-order valence-corrected chi connectivity index (χ1v) is 12.7. The molecule has 3 aromatic heterocycles. The fourth-order valence-electron chi connectivity index (χ4n) is 3.13. The Hall–Kier alpha value is -2.25. The van der Waals surface area contributed by atoms with E-state index < -0.39 is 10.0 Å². The monoisotopic (exact) mass is 478 g/mol. The Kier molecular flexibility index (Phi) is 5.56. The molecule has 4 aromatic rings. The van der Waals surface area contributed by atoms with Crippen LogP contribution in [0.2, 0.25) is 0 Å². The average Bonchev–Trinajstić information content (AvgIpc) is 3.53. The van der Waals surface area contributed by atoms with Crippen molar-refractivity contribution in [3.05, 3.63) is 41.6 Å². The molecule has 0 aliphatic carbocycles. The van der Waals surface area contributed by atoms with Gasteiger partial charge in [-0.25, -0.2) is 13.4 Å². The summed E-state index contributed by atoms with van der Waals surface area (Å²) >= 11 is 2.86. The van der Waals surface area contributed by atoms with E-state index in [0.29, 0.717) is 54.4 Å². The number of sulfonamides is 1. The number of fused-ring (bicyclic) bond motifs is 1. The number of thiophene rings is 1. The lowest BCUT2D eigenvalue weighted by Crippen LogP contribution is -2.40. The Morgan fingerprint density at radius 2 is 2.00 bits per heavy atom. The smallest absolute Gasteiger partial charge is 0.257 e.